The summed E-state index contributed by atoms with van der Waals surface area (Å²) >= 11 is 0. The zero-order valence-electron chi connectivity index (χ0n) is 14.3. The molecule has 1 aromatic heterocycles. The zero-order chi connectivity index (χ0) is 16.9. The van der Waals surface area contributed by atoms with E-state index in [2.05, 4.69) is 11.8 Å². The third kappa shape index (κ3) is 2.41. The molecule has 0 spiro atoms. The first-order valence-electron chi connectivity index (χ1n) is 9.25. The molecule has 3 aliphatic rings. The summed E-state index contributed by atoms with van der Waals surface area (Å²) < 4.78 is 0. The molecule has 2 aliphatic carbocycles. The van der Waals surface area contributed by atoms with Crippen molar-refractivity contribution in [3.63, 3.8) is 0 Å². The second-order valence-corrected chi connectivity index (χ2v) is 7.74. The Bertz CT molecular complexity index is 675. The maximum absolute atomic E-state index is 11.8. The SMILES string of the molecule is CC[C@]1(O)CCC[C@H]2CN(c3nc4c(cc3C(=O)O)CCC4)C[C@H]21. The molecule has 2 N–H and O–H groups in total. The van der Waals surface area contributed by atoms with Gasteiger partial charge in [-0.3, -0.25) is 0 Å². The summed E-state index contributed by atoms with van der Waals surface area (Å²) in [5, 5.41) is 20.6. The van der Waals surface area contributed by atoms with E-state index in [1.165, 1.54) is 0 Å². The third-order valence-electron chi connectivity index (χ3n) is 6.49. The number of carboxylic acids is 1. The van der Waals surface area contributed by atoms with Gasteiger partial charge < -0.3 is 15.1 Å². The molecule has 0 amide bonds. The van der Waals surface area contributed by atoms with E-state index >= 15 is 0 Å². The van der Waals surface area contributed by atoms with E-state index in [1.807, 2.05) is 6.07 Å². The summed E-state index contributed by atoms with van der Waals surface area (Å²) in [5.41, 5.74) is 1.89. The fourth-order valence-electron chi connectivity index (χ4n) is 5.10. The number of aliphatic hydroxyl groups is 1. The Balaban J connectivity index is 1.69. The van der Waals surface area contributed by atoms with Gasteiger partial charge in [-0.25, -0.2) is 9.78 Å². The first-order valence-corrected chi connectivity index (χ1v) is 9.25. The molecule has 5 nitrogen and oxygen atoms in total. The number of hydrogen-bond donors (Lipinski definition) is 2. The molecule has 5 heteroatoms. The van der Waals surface area contributed by atoms with E-state index in [-0.39, 0.29) is 5.92 Å². The number of hydrogen-bond acceptors (Lipinski definition) is 4. The Morgan fingerprint density at radius 2 is 2.21 bits per heavy atom. The minimum Gasteiger partial charge on any atom is -0.478 e. The van der Waals surface area contributed by atoms with Gasteiger partial charge in [0, 0.05) is 24.7 Å². The molecule has 130 valence electrons. The molecule has 2 heterocycles. The topological polar surface area (TPSA) is 73.7 Å². The van der Waals surface area contributed by atoms with Crippen LogP contribution in [-0.2, 0) is 12.8 Å². The van der Waals surface area contributed by atoms with E-state index in [1.54, 1.807) is 0 Å². The van der Waals surface area contributed by atoms with Crippen molar-refractivity contribution in [3.8, 4) is 0 Å². The van der Waals surface area contributed by atoms with Crippen LogP contribution in [-0.4, -0.2) is 39.9 Å². The van der Waals surface area contributed by atoms with Gasteiger partial charge in [0.05, 0.1) is 5.60 Å². The lowest BCUT2D eigenvalue weighted by Crippen LogP contribution is -2.44. The molecule has 0 unspecified atom stereocenters. The number of carbonyl (C=O) groups is 1. The Labute approximate surface area is 142 Å². The van der Waals surface area contributed by atoms with Gasteiger partial charge >= 0.3 is 5.97 Å². The van der Waals surface area contributed by atoms with Crippen LogP contribution < -0.4 is 4.90 Å². The summed E-state index contributed by atoms with van der Waals surface area (Å²) in [7, 11) is 0. The Hall–Kier alpha value is -1.62. The molecule has 1 aromatic rings. The summed E-state index contributed by atoms with van der Waals surface area (Å²) in [4.78, 5) is 18.6. The maximum atomic E-state index is 11.8. The summed E-state index contributed by atoms with van der Waals surface area (Å²) in [6, 6.07) is 1.83. The van der Waals surface area contributed by atoms with E-state index < -0.39 is 11.6 Å². The number of nitrogens with zero attached hydrogens (tertiary/aromatic N) is 2. The maximum Gasteiger partial charge on any atom is 0.339 e. The highest BCUT2D eigenvalue weighted by Crippen LogP contribution is 2.45. The minimum absolute atomic E-state index is 0.230. The standard InChI is InChI=1S/C19H26N2O3/c1-2-19(24)8-4-6-13-10-21(11-15(13)19)17-14(18(22)23)9-12-5-3-7-16(12)20-17/h9,13,15,24H,2-8,10-11H2,1H3,(H,22,23)/t13-,15+,19-/m0/s1. The Kier molecular flexibility index (Phi) is 3.79. The van der Waals surface area contributed by atoms with Gasteiger partial charge in [0.1, 0.15) is 11.4 Å². The molecule has 24 heavy (non-hydrogen) atoms. The fraction of sp³-hybridized carbons (Fsp3) is 0.684. The van der Waals surface area contributed by atoms with Crippen molar-refractivity contribution in [2.45, 2.75) is 57.5 Å². The molecule has 2 fully saturated rings. The highest BCUT2D eigenvalue weighted by molar-refractivity contribution is 5.93. The van der Waals surface area contributed by atoms with E-state index in [0.29, 0.717) is 17.3 Å². The predicted octanol–water partition coefficient (Wildman–Crippen LogP) is 2.65. The number of fused-ring (bicyclic) bond motifs is 2. The van der Waals surface area contributed by atoms with Crippen LogP contribution in [0.3, 0.4) is 0 Å². The first-order chi connectivity index (χ1) is 11.5. The van der Waals surface area contributed by atoms with Crippen LogP contribution >= 0.6 is 0 Å². The molecule has 0 radical (unpaired) electrons. The van der Waals surface area contributed by atoms with Gasteiger partial charge in [-0.05, 0) is 56.1 Å². The number of rotatable bonds is 3. The molecule has 0 aromatic carbocycles. The lowest BCUT2D eigenvalue weighted by molar-refractivity contribution is -0.0597. The molecule has 1 saturated heterocycles. The van der Waals surface area contributed by atoms with E-state index in [4.69, 9.17) is 4.98 Å². The van der Waals surface area contributed by atoms with Gasteiger partial charge in [0.2, 0.25) is 0 Å². The number of aromatic carboxylic acids is 1. The second kappa shape index (κ2) is 5.73. The lowest BCUT2D eigenvalue weighted by atomic mass is 9.69. The molecule has 4 rings (SSSR count). The molecular weight excluding hydrogens is 304 g/mol. The monoisotopic (exact) mass is 330 g/mol. The van der Waals surface area contributed by atoms with Gasteiger partial charge in [0.25, 0.3) is 0 Å². The number of anilines is 1. The largest absolute Gasteiger partial charge is 0.478 e. The van der Waals surface area contributed by atoms with Gasteiger partial charge in [-0.2, -0.15) is 0 Å². The average Bonchev–Trinajstić information content (AvgIpc) is 3.20. The van der Waals surface area contributed by atoms with Gasteiger partial charge in [-0.1, -0.05) is 13.3 Å². The van der Waals surface area contributed by atoms with Crippen molar-refractivity contribution < 1.29 is 15.0 Å². The predicted molar refractivity (Wildman–Crippen MR) is 91.5 cm³/mol. The highest BCUT2D eigenvalue weighted by atomic mass is 16.4. The van der Waals surface area contributed by atoms with Crippen LogP contribution in [0.1, 0.15) is 60.6 Å². The molecular formula is C19H26N2O3. The number of aryl methyl sites for hydroxylation is 2. The van der Waals surface area contributed by atoms with E-state index in [9.17, 15) is 15.0 Å². The normalized spacial score (nSPS) is 31.8. The van der Waals surface area contributed by atoms with E-state index in [0.717, 1.165) is 69.3 Å². The van der Waals surface area contributed by atoms with Gasteiger partial charge in [0.15, 0.2) is 0 Å². The van der Waals surface area contributed by atoms with Gasteiger partial charge in [-0.15, -0.1) is 0 Å². The van der Waals surface area contributed by atoms with Crippen LogP contribution in [0.2, 0.25) is 0 Å². The first kappa shape index (κ1) is 15.9. The Morgan fingerprint density at radius 3 is 2.96 bits per heavy atom. The smallest absolute Gasteiger partial charge is 0.339 e. The number of pyridine rings is 1. The lowest BCUT2D eigenvalue weighted by Gasteiger charge is -2.40. The molecule has 1 aliphatic heterocycles. The summed E-state index contributed by atoms with van der Waals surface area (Å²) in [6.07, 6.45) is 6.75. The van der Waals surface area contributed by atoms with Crippen molar-refractivity contribution in [1.29, 1.82) is 0 Å². The number of aromatic nitrogens is 1. The average molecular weight is 330 g/mol. The molecule has 1 saturated carbocycles. The fourth-order valence-corrected chi connectivity index (χ4v) is 5.10. The minimum atomic E-state index is -0.896. The van der Waals surface area contributed by atoms with Crippen LogP contribution in [0.25, 0.3) is 0 Å². The quantitative estimate of drug-likeness (QED) is 0.891. The highest BCUT2D eigenvalue weighted by Gasteiger charge is 2.48. The third-order valence-corrected chi connectivity index (χ3v) is 6.49. The van der Waals surface area contributed by atoms with Crippen molar-refractivity contribution in [1.82, 2.24) is 4.98 Å². The molecule has 0 bridgehead atoms. The summed E-state index contributed by atoms with van der Waals surface area (Å²) in [5.74, 6) is 0.400. The van der Waals surface area contributed by atoms with Crippen LogP contribution in [0, 0.1) is 11.8 Å². The van der Waals surface area contributed by atoms with Crippen LogP contribution in [0.15, 0.2) is 6.07 Å². The zero-order valence-corrected chi connectivity index (χ0v) is 14.3. The van der Waals surface area contributed by atoms with Crippen LogP contribution in [0.4, 0.5) is 5.82 Å². The molecule has 3 atom stereocenters. The van der Waals surface area contributed by atoms with Crippen LogP contribution in [0.5, 0.6) is 0 Å². The Morgan fingerprint density at radius 1 is 1.38 bits per heavy atom. The van der Waals surface area contributed by atoms with Crippen molar-refractivity contribution >= 4 is 11.8 Å². The summed E-state index contributed by atoms with van der Waals surface area (Å²) in [6.45, 7) is 3.60. The number of carboxylic acid groups (broad SMARTS) is 1. The second-order valence-electron chi connectivity index (χ2n) is 7.74. The van der Waals surface area contributed by atoms with Crippen molar-refractivity contribution in [2.75, 3.05) is 18.0 Å². The van der Waals surface area contributed by atoms with Crippen molar-refractivity contribution in [3.05, 3.63) is 22.9 Å². The van der Waals surface area contributed by atoms with Crippen molar-refractivity contribution in [2.24, 2.45) is 11.8 Å².